The summed E-state index contributed by atoms with van der Waals surface area (Å²) in [4.78, 5) is 2.78. The lowest BCUT2D eigenvalue weighted by Crippen LogP contribution is -2.43. The summed E-state index contributed by atoms with van der Waals surface area (Å²) < 4.78 is 0. The Bertz CT molecular complexity index is 209. The van der Waals surface area contributed by atoms with Crippen molar-refractivity contribution in [3.05, 3.63) is 0 Å². The van der Waals surface area contributed by atoms with Crippen LogP contribution >= 0.6 is 0 Å². The molecule has 0 spiro atoms. The van der Waals surface area contributed by atoms with Crippen molar-refractivity contribution < 1.29 is 0 Å². The fourth-order valence-electron chi connectivity index (χ4n) is 2.62. The fraction of sp³-hybridized carbons (Fsp3) is 1.00. The van der Waals surface area contributed by atoms with Crippen LogP contribution in [0.15, 0.2) is 0 Å². The summed E-state index contributed by atoms with van der Waals surface area (Å²) in [5.41, 5.74) is 0. The normalized spacial score (nSPS) is 22.1. The van der Waals surface area contributed by atoms with Gasteiger partial charge in [0.25, 0.3) is 0 Å². The minimum atomic E-state index is 0.740. The van der Waals surface area contributed by atoms with Gasteiger partial charge in [-0.15, -0.1) is 0 Å². The molecule has 0 radical (unpaired) electrons. The van der Waals surface area contributed by atoms with Crippen LogP contribution in [0.4, 0.5) is 0 Å². The molecule has 0 aromatic rings. The molecule has 1 atom stereocenters. The van der Waals surface area contributed by atoms with E-state index in [9.17, 15) is 0 Å². The molecule has 2 saturated carbocycles. The SMILES string of the molecule is CCCCCNCC(C)N(CC1CC1)C1CC1. The Labute approximate surface area is 107 Å². The van der Waals surface area contributed by atoms with Gasteiger partial charge in [-0.1, -0.05) is 19.8 Å². The zero-order valence-corrected chi connectivity index (χ0v) is 11.8. The molecule has 2 aliphatic rings. The predicted molar refractivity (Wildman–Crippen MR) is 74.3 cm³/mol. The molecule has 2 fully saturated rings. The molecule has 17 heavy (non-hydrogen) atoms. The molecule has 0 bridgehead atoms. The first-order valence-corrected chi connectivity index (χ1v) is 7.77. The van der Waals surface area contributed by atoms with E-state index < -0.39 is 0 Å². The highest BCUT2D eigenvalue weighted by atomic mass is 15.2. The van der Waals surface area contributed by atoms with Crippen molar-refractivity contribution in [2.75, 3.05) is 19.6 Å². The van der Waals surface area contributed by atoms with Crippen LogP contribution in [-0.2, 0) is 0 Å². The van der Waals surface area contributed by atoms with E-state index in [1.807, 2.05) is 0 Å². The van der Waals surface area contributed by atoms with Crippen molar-refractivity contribution in [1.82, 2.24) is 10.2 Å². The minimum absolute atomic E-state index is 0.740. The minimum Gasteiger partial charge on any atom is -0.315 e. The highest BCUT2D eigenvalue weighted by Gasteiger charge is 2.35. The first-order valence-electron chi connectivity index (χ1n) is 7.77. The molecule has 100 valence electrons. The molecule has 0 aromatic heterocycles. The lowest BCUT2D eigenvalue weighted by molar-refractivity contribution is 0.186. The van der Waals surface area contributed by atoms with Gasteiger partial charge >= 0.3 is 0 Å². The summed E-state index contributed by atoms with van der Waals surface area (Å²) >= 11 is 0. The number of hydrogen-bond acceptors (Lipinski definition) is 2. The van der Waals surface area contributed by atoms with Gasteiger partial charge in [0.1, 0.15) is 0 Å². The molecular weight excluding hydrogens is 208 g/mol. The maximum atomic E-state index is 3.64. The van der Waals surface area contributed by atoms with Crippen LogP contribution in [0.5, 0.6) is 0 Å². The molecule has 2 aliphatic carbocycles. The number of rotatable bonds is 10. The van der Waals surface area contributed by atoms with E-state index in [1.54, 1.807) is 0 Å². The first-order chi connectivity index (χ1) is 8.31. The molecule has 2 heteroatoms. The molecule has 0 aromatic carbocycles. The van der Waals surface area contributed by atoms with Crippen molar-refractivity contribution in [2.24, 2.45) is 5.92 Å². The highest BCUT2D eigenvalue weighted by molar-refractivity contribution is 4.91. The molecule has 2 rings (SSSR count). The van der Waals surface area contributed by atoms with Crippen LogP contribution < -0.4 is 5.32 Å². The number of nitrogens with one attached hydrogen (secondary N) is 1. The van der Waals surface area contributed by atoms with E-state index >= 15 is 0 Å². The van der Waals surface area contributed by atoms with Gasteiger partial charge in [-0.05, 0) is 51.5 Å². The third-order valence-electron chi connectivity index (χ3n) is 4.14. The lowest BCUT2D eigenvalue weighted by Gasteiger charge is -2.29. The molecule has 1 N–H and O–H groups in total. The summed E-state index contributed by atoms with van der Waals surface area (Å²) in [7, 11) is 0. The summed E-state index contributed by atoms with van der Waals surface area (Å²) in [6.07, 6.45) is 9.91. The monoisotopic (exact) mass is 238 g/mol. The molecular formula is C15H30N2. The third kappa shape index (κ3) is 4.97. The zero-order chi connectivity index (χ0) is 12.1. The van der Waals surface area contributed by atoms with Crippen LogP contribution in [-0.4, -0.2) is 36.6 Å². The molecule has 0 heterocycles. The Morgan fingerprint density at radius 3 is 2.53 bits per heavy atom. The van der Waals surface area contributed by atoms with Gasteiger partial charge < -0.3 is 5.32 Å². The summed E-state index contributed by atoms with van der Waals surface area (Å²) in [5, 5.41) is 3.64. The van der Waals surface area contributed by atoms with Crippen LogP contribution in [0.3, 0.4) is 0 Å². The predicted octanol–water partition coefficient (Wildman–Crippen LogP) is 3.03. The van der Waals surface area contributed by atoms with Crippen molar-refractivity contribution in [3.8, 4) is 0 Å². The molecule has 1 unspecified atom stereocenters. The van der Waals surface area contributed by atoms with Crippen molar-refractivity contribution >= 4 is 0 Å². The molecule has 2 nitrogen and oxygen atoms in total. The van der Waals surface area contributed by atoms with Crippen LogP contribution in [0.1, 0.15) is 58.8 Å². The summed E-state index contributed by atoms with van der Waals surface area (Å²) in [6, 6.07) is 1.67. The van der Waals surface area contributed by atoms with Gasteiger partial charge in [-0.3, -0.25) is 4.90 Å². The van der Waals surface area contributed by atoms with Crippen molar-refractivity contribution in [1.29, 1.82) is 0 Å². The van der Waals surface area contributed by atoms with Gasteiger partial charge in [-0.2, -0.15) is 0 Å². The second-order valence-corrected chi connectivity index (χ2v) is 6.13. The van der Waals surface area contributed by atoms with Crippen LogP contribution in [0, 0.1) is 5.92 Å². The van der Waals surface area contributed by atoms with E-state index in [2.05, 4.69) is 24.1 Å². The van der Waals surface area contributed by atoms with Crippen LogP contribution in [0.25, 0.3) is 0 Å². The Morgan fingerprint density at radius 1 is 1.18 bits per heavy atom. The average Bonchev–Trinajstić information content (AvgIpc) is 3.15. The van der Waals surface area contributed by atoms with E-state index in [0.717, 1.165) is 18.0 Å². The largest absolute Gasteiger partial charge is 0.315 e. The summed E-state index contributed by atoms with van der Waals surface area (Å²) in [6.45, 7) is 8.45. The van der Waals surface area contributed by atoms with Gasteiger partial charge in [0.2, 0.25) is 0 Å². The maximum Gasteiger partial charge on any atom is 0.0195 e. The van der Waals surface area contributed by atoms with Crippen molar-refractivity contribution in [3.63, 3.8) is 0 Å². The van der Waals surface area contributed by atoms with E-state index in [1.165, 1.54) is 64.6 Å². The first kappa shape index (κ1) is 13.4. The number of hydrogen-bond donors (Lipinski definition) is 1. The Hall–Kier alpha value is -0.0800. The smallest absolute Gasteiger partial charge is 0.0195 e. The standard InChI is InChI=1S/C15H30N2/c1-3-4-5-10-16-11-13(2)17(15-8-9-15)12-14-6-7-14/h13-16H,3-12H2,1-2H3. The van der Waals surface area contributed by atoms with Gasteiger partial charge in [0, 0.05) is 25.2 Å². The van der Waals surface area contributed by atoms with E-state index in [0.29, 0.717) is 0 Å². The van der Waals surface area contributed by atoms with Gasteiger partial charge in [-0.25, -0.2) is 0 Å². The summed E-state index contributed by atoms with van der Waals surface area (Å²) in [5.74, 6) is 1.04. The second-order valence-electron chi connectivity index (χ2n) is 6.13. The molecule has 0 aliphatic heterocycles. The molecule has 0 amide bonds. The topological polar surface area (TPSA) is 15.3 Å². The number of nitrogens with zero attached hydrogens (tertiary/aromatic N) is 1. The lowest BCUT2D eigenvalue weighted by atomic mass is 10.2. The van der Waals surface area contributed by atoms with E-state index in [4.69, 9.17) is 0 Å². The Morgan fingerprint density at radius 2 is 1.94 bits per heavy atom. The third-order valence-corrected chi connectivity index (χ3v) is 4.14. The second kappa shape index (κ2) is 6.75. The maximum absolute atomic E-state index is 3.64. The zero-order valence-electron chi connectivity index (χ0n) is 11.8. The van der Waals surface area contributed by atoms with E-state index in [-0.39, 0.29) is 0 Å². The van der Waals surface area contributed by atoms with Crippen molar-refractivity contribution in [2.45, 2.75) is 70.9 Å². The quantitative estimate of drug-likeness (QED) is 0.589. The fourth-order valence-corrected chi connectivity index (χ4v) is 2.62. The average molecular weight is 238 g/mol. The molecule has 0 saturated heterocycles. The highest BCUT2D eigenvalue weighted by Crippen LogP contribution is 2.35. The van der Waals surface area contributed by atoms with Gasteiger partial charge in [0.05, 0.1) is 0 Å². The van der Waals surface area contributed by atoms with Gasteiger partial charge in [0.15, 0.2) is 0 Å². The van der Waals surface area contributed by atoms with Crippen LogP contribution in [0.2, 0.25) is 0 Å². The Kier molecular flexibility index (Phi) is 5.30. The number of unbranched alkanes of at least 4 members (excludes halogenated alkanes) is 2. The Balaban J connectivity index is 1.59.